The number of aromatic nitrogens is 2. The van der Waals surface area contributed by atoms with E-state index >= 15 is 0 Å². The number of halogens is 5. The number of nitrogens with zero attached hydrogens (tertiary/aromatic N) is 2. The highest BCUT2D eigenvalue weighted by Crippen LogP contribution is 2.39. The third-order valence-corrected chi connectivity index (χ3v) is 4.89. The van der Waals surface area contributed by atoms with Crippen molar-refractivity contribution in [1.82, 2.24) is 9.97 Å². The summed E-state index contributed by atoms with van der Waals surface area (Å²) in [6.07, 6.45) is -6.87. The first-order valence-electron chi connectivity index (χ1n) is 8.59. The van der Waals surface area contributed by atoms with Gasteiger partial charge in [0.2, 0.25) is 0 Å². The minimum atomic E-state index is -4.97. The SMILES string of the molecule is COC(=O)c1c(C(F)F)nc(C(F)(F)F)c(CSc2ccccn2)c1CC(C)C. The molecule has 0 unspecified atom stereocenters. The van der Waals surface area contributed by atoms with E-state index in [4.69, 9.17) is 0 Å². The summed E-state index contributed by atoms with van der Waals surface area (Å²) < 4.78 is 72.8. The molecule has 2 rings (SSSR count). The summed E-state index contributed by atoms with van der Waals surface area (Å²) in [7, 11) is 0.983. The molecule has 0 radical (unpaired) electrons. The van der Waals surface area contributed by atoms with Crippen LogP contribution in [0.2, 0.25) is 0 Å². The van der Waals surface area contributed by atoms with E-state index in [2.05, 4.69) is 14.7 Å². The van der Waals surface area contributed by atoms with Crippen molar-refractivity contribution in [1.29, 1.82) is 0 Å². The number of hydrogen-bond donors (Lipinski definition) is 0. The van der Waals surface area contributed by atoms with Gasteiger partial charge in [-0.15, -0.1) is 11.8 Å². The van der Waals surface area contributed by atoms with Crippen molar-refractivity contribution < 1.29 is 31.5 Å². The highest BCUT2D eigenvalue weighted by atomic mass is 32.2. The fourth-order valence-electron chi connectivity index (χ4n) is 2.78. The smallest absolute Gasteiger partial charge is 0.433 e. The highest BCUT2D eigenvalue weighted by Gasteiger charge is 2.40. The van der Waals surface area contributed by atoms with Gasteiger partial charge in [0.15, 0.2) is 0 Å². The van der Waals surface area contributed by atoms with Crippen molar-refractivity contribution in [3.8, 4) is 0 Å². The van der Waals surface area contributed by atoms with Crippen molar-refractivity contribution >= 4 is 17.7 Å². The van der Waals surface area contributed by atoms with Gasteiger partial charge < -0.3 is 4.74 Å². The average Bonchev–Trinajstić information content (AvgIpc) is 2.65. The molecule has 0 N–H and O–H groups in total. The molecule has 0 aliphatic carbocycles. The highest BCUT2D eigenvalue weighted by molar-refractivity contribution is 7.98. The summed E-state index contributed by atoms with van der Waals surface area (Å²) in [5.41, 5.74) is -3.66. The number of pyridine rings is 2. The maximum absolute atomic E-state index is 13.7. The number of carbonyl (C=O) groups excluding carboxylic acids is 1. The fraction of sp³-hybridized carbons (Fsp3) is 0.421. The fourth-order valence-corrected chi connectivity index (χ4v) is 3.70. The molecular weight excluding hydrogens is 415 g/mol. The Bertz CT molecular complexity index is 858. The van der Waals surface area contributed by atoms with Gasteiger partial charge in [-0.05, 0) is 35.6 Å². The number of carbonyl (C=O) groups is 1. The average molecular weight is 434 g/mol. The Morgan fingerprint density at radius 1 is 1.21 bits per heavy atom. The molecule has 29 heavy (non-hydrogen) atoms. The number of esters is 1. The van der Waals surface area contributed by atoms with E-state index in [1.54, 1.807) is 32.0 Å². The van der Waals surface area contributed by atoms with E-state index in [9.17, 15) is 26.7 Å². The molecule has 2 heterocycles. The topological polar surface area (TPSA) is 52.1 Å². The zero-order valence-corrected chi connectivity index (χ0v) is 16.7. The van der Waals surface area contributed by atoms with Crippen LogP contribution < -0.4 is 0 Å². The van der Waals surface area contributed by atoms with E-state index in [1.807, 2.05) is 0 Å². The summed E-state index contributed by atoms with van der Waals surface area (Å²) in [6.45, 7) is 3.43. The largest absolute Gasteiger partial charge is 0.465 e. The lowest BCUT2D eigenvalue weighted by molar-refractivity contribution is -0.142. The molecule has 0 aliphatic rings. The lowest BCUT2D eigenvalue weighted by atomic mass is 9.91. The Morgan fingerprint density at radius 2 is 1.90 bits per heavy atom. The molecule has 10 heteroatoms. The molecule has 0 saturated heterocycles. The molecule has 2 aromatic rings. The Labute approximate surface area is 168 Å². The van der Waals surface area contributed by atoms with Crippen molar-refractivity contribution in [3.05, 3.63) is 52.5 Å². The maximum atomic E-state index is 13.7. The van der Waals surface area contributed by atoms with E-state index < -0.39 is 35.5 Å². The molecule has 0 bridgehead atoms. The Morgan fingerprint density at radius 3 is 2.38 bits per heavy atom. The van der Waals surface area contributed by atoms with Crippen LogP contribution in [0.1, 0.15) is 53.1 Å². The molecular formula is C19H19F5N2O2S. The van der Waals surface area contributed by atoms with Crippen LogP contribution in [-0.2, 0) is 23.1 Å². The van der Waals surface area contributed by atoms with Crippen LogP contribution in [0.4, 0.5) is 22.0 Å². The number of hydrogen-bond acceptors (Lipinski definition) is 5. The molecule has 0 aromatic carbocycles. The van der Waals surface area contributed by atoms with Gasteiger partial charge >= 0.3 is 12.1 Å². The number of ether oxygens (including phenoxy) is 1. The predicted octanol–water partition coefficient (Wildman–Crippen LogP) is 5.71. The van der Waals surface area contributed by atoms with Crippen LogP contribution >= 0.6 is 11.8 Å². The molecule has 2 aromatic heterocycles. The van der Waals surface area contributed by atoms with Crippen molar-refractivity contribution in [2.24, 2.45) is 5.92 Å². The molecule has 0 amide bonds. The van der Waals surface area contributed by atoms with Crippen LogP contribution in [0.3, 0.4) is 0 Å². The van der Waals surface area contributed by atoms with Gasteiger partial charge in [0.1, 0.15) is 11.4 Å². The zero-order chi connectivity index (χ0) is 21.8. The van der Waals surface area contributed by atoms with E-state index in [-0.39, 0.29) is 29.2 Å². The van der Waals surface area contributed by atoms with Gasteiger partial charge in [0.25, 0.3) is 6.43 Å². The summed E-state index contributed by atoms with van der Waals surface area (Å²) in [6, 6.07) is 4.94. The van der Waals surface area contributed by atoms with Crippen LogP contribution in [-0.4, -0.2) is 23.0 Å². The quantitative estimate of drug-likeness (QED) is 0.317. The second-order valence-corrected chi connectivity index (χ2v) is 7.52. The first-order chi connectivity index (χ1) is 13.6. The second kappa shape index (κ2) is 9.51. The van der Waals surface area contributed by atoms with Gasteiger partial charge in [-0.25, -0.2) is 23.5 Å². The third kappa shape index (κ3) is 5.65. The van der Waals surface area contributed by atoms with Gasteiger partial charge in [-0.3, -0.25) is 0 Å². The van der Waals surface area contributed by atoms with Crippen LogP contribution in [0.5, 0.6) is 0 Å². The van der Waals surface area contributed by atoms with Gasteiger partial charge in [-0.2, -0.15) is 13.2 Å². The molecule has 158 valence electrons. The van der Waals surface area contributed by atoms with Crippen molar-refractivity contribution in [3.63, 3.8) is 0 Å². The van der Waals surface area contributed by atoms with E-state index in [1.165, 1.54) is 6.20 Å². The Hall–Kier alpha value is -2.23. The van der Waals surface area contributed by atoms with E-state index in [0.29, 0.717) is 5.03 Å². The molecule has 0 fully saturated rings. The number of methoxy groups -OCH3 is 1. The first-order valence-corrected chi connectivity index (χ1v) is 9.57. The standard InChI is InChI=1S/C19H19F5N2O2S/c1-10(2)8-11-12(9-29-13-6-4-5-7-25-13)16(19(22,23)24)26-15(17(20)21)14(11)18(27)28-3/h4-7,10,17H,8-9H2,1-3H3. The Kier molecular flexibility index (Phi) is 7.56. The second-order valence-electron chi connectivity index (χ2n) is 6.52. The predicted molar refractivity (Wildman–Crippen MR) is 97.9 cm³/mol. The van der Waals surface area contributed by atoms with Gasteiger partial charge in [0, 0.05) is 11.9 Å². The molecule has 0 saturated carbocycles. The van der Waals surface area contributed by atoms with Crippen molar-refractivity contribution in [2.45, 2.75) is 43.6 Å². The summed E-state index contributed by atoms with van der Waals surface area (Å²) >= 11 is 0.997. The van der Waals surface area contributed by atoms with Gasteiger partial charge in [0.05, 0.1) is 17.7 Å². The molecule has 0 spiro atoms. The normalized spacial score (nSPS) is 11.9. The first kappa shape index (κ1) is 23.1. The summed E-state index contributed by atoms with van der Waals surface area (Å²) in [5.74, 6) is -1.58. The minimum absolute atomic E-state index is 0.0200. The number of thioether (sulfide) groups is 1. The summed E-state index contributed by atoms with van der Waals surface area (Å²) in [4.78, 5) is 19.5. The number of alkyl halides is 5. The van der Waals surface area contributed by atoms with Crippen LogP contribution in [0.15, 0.2) is 29.4 Å². The minimum Gasteiger partial charge on any atom is -0.465 e. The van der Waals surface area contributed by atoms with Crippen molar-refractivity contribution in [2.75, 3.05) is 7.11 Å². The molecule has 0 aliphatic heterocycles. The Balaban J connectivity index is 2.75. The lowest BCUT2D eigenvalue weighted by Crippen LogP contribution is -2.22. The van der Waals surface area contributed by atoms with E-state index in [0.717, 1.165) is 18.9 Å². The van der Waals surface area contributed by atoms with Crippen LogP contribution in [0.25, 0.3) is 0 Å². The monoisotopic (exact) mass is 434 g/mol. The zero-order valence-electron chi connectivity index (χ0n) is 15.9. The third-order valence-electron chi connectivity index (χ3n) is 3.92. The number of rotatable bonds is 7. The molecule has 4 nitrogen and oxygen atoms in total. The summed E-state index contributed by atoms with van der Waals surface area (Å²) in [5, 5.41) is 0.452. The van der Waals surface area contributed by atoms with Crippen LogP contribution in [0, 0.1) is 5.92 Å². The molecule has 0 atom stereocenters. The van der Waals surface area contributed by atoms with Gasteiger partial charge in [-0.1, -0.05) is 19.9 Å². The lowest BCUT2D eigenvalue weighted by Gasteiger charge is -2.22. The maximum Gasteiger partial charge on any atom is 0.433 e.